The second-order valence-corrected chi connectivity index (χ2v) is 6.35. The van der Waals surface area contributed by atoms with Gasteiger partial charge in [0.25, 0.3) is 0 Å². The molecule has 0 saturated carbocycles. The summed E-state index contributed by atoms with van der Waals surface area (Å²) in [6.07, 6.45) is 0. The van der Waals surface area contributed by atoms with Crippen LogP contribution in [0.2, 0.25) is 0 Å². The molecule has 3 rings (SSSR count). The number of benzene rings is 1. The monoisotopic (exact) mass is 358 g/mol. The number of rotatable bonds is 6. The molecule has 3 aromatic rings. The van der Waals surface area contributed by atoms with Crippen LogP contribution in [-0.4, -0.2) is 31.0 Å². The maximum absolute atomic E-state index is 11.3. The van der Waals surface area contributed by atoms with Crippen molar-refractivity contribution in [3.8, 4) is 11.5 Å². The predicted octanol–water partition coefficient (Wildman–Crippen LogP) is 2.91. The first kappa shape index (κ1) is 17.2. The molecule has 0 fully saturated rings. The smallest absolute Gasteiger partial charge is 0.222 e. The SMILES string of the molecule is CCn1c(SCc2ccccc2C)nnc1-c1nonc1NC(C)=O. The fraction of sp³-hybridized carbons (Fsp3) is 0.312. The van der Waals surface area contributed by atoms with Gasteiger partial charge in [-0.05, 0) is 35.3 Å². The van der Waals surface area contributed by atoms with Crippen LogP contribution in [0.15, 0.2) is 34.1 Å². The maximum Gasteiger partial charge on any atom is 0.222 e. The first-order valence-electron chi connectivity index (χ1n) is 7.81. The molecule has 0 aliphatic carbocycles. The van der Waals surface area contributed by atoms with Gasteiger partial charge in [-0.1, -0.05) is 36.0 Å². The van der Waals surface area contributed by atoms with Crippen molar-refractivity contribution in [2.24, 2.45) is 0 Å². The van der Waals surface area contributed by atoms with Crippen LogP contribution in [0.25, 0.3) is 11.5 Å². The summed E-state index contributed by atoms with van der Waals surface area (Å²) in [4.78, 5) is 11.3. The molecule has 0 bridgehead atoms. The third-order valence-corrected chi connectivity index (χ3v) is 4.66. The number of thioether (sulfide) groups is 1. The summed E-state index contributed by atoms with van der Waals surface area (Å²) < 4.78 is 6.68. The van der Waals surface area contributed by atoms with Crippen molar-refractivity contribution < 1.29 is 9.42 Å². The molecule has 0 aliphatic rings. The van der Waals surface area contributed by atoms with Gasteiger partial charge >= 0.3 is 0 Å². The van der Waals surface area contributed by atoms with Gasteiger partial charge in [-0.2, -0.15) is 0 Å². The van der Waals surface area contributed by atoms with E-state index in [0.29, 0.717) is 18.1 Å². The topological polar surface area (TPSA) is 98.7 Å². The van der Waals surface area contributed by atoms with Crippen molar-refractivity contribution in [1.29, 1.82) is 0 Å². The normalized spacial score (nSPS) is 10.8. The van der Waals surface area contributed by atoms with Gasteiger partial charge < -0.3 is 9.88 Å². The molecular formula is C16H18N6O2S. The van der Waals surface area contributed by atoms with Crippen LogP contribution in [0.3, 0.4) is 0 Å². The van der Waals surface area contributed by atoms with E-state index in [1.807, 2.05) is 23.6 Å². The highest BCUT2D eigenvalue weighted by molar-refractivity contribution is 7.98. The summed E-state index contributed by atoms with van der Waals surface area (Å²) in [7, 11) is 0. The molecule has 1 N–H and O–H groups in total. The molecule has 1 aromatic carbocycles. The third kappa shape index (κ3) is 3.71. The van der Waals surface area contributed by atoms with Crippen LogP contribution in [0.4, 0.5) is 5.82 Å². The number of amides is 1. The van der Waals surface area contributed by atoms with Crippen LogP contribution in [0.1, 0.15) is 25.0 Å². The van der Waals surface area contributed by atoms with Crippen molar-refractivity contribution in [1.82, 2.24) is 25.1 Å². The van der Waals surface area contributed by atoms with E-state index in [1.165, 1.54) is 18.1 Å². The molecule has 25 heavy (non-hydrogen) atoms. The van der Waals surface area contributed by atoms with Crippen LogP contribution in [-0.2, 0) is 17.1 Å². The van der Waals surface area contributed by atoms with E-state index in [4.69, 9.17) is 4.63 Å². The molecule has 0 unspecified atom stereocenters. The number of nitrogens with one attached hydrogen (secondary N) is 1. The predicted molar refractivity (Wildman–Crippen MR) is 94.0 cm³/mol. The zero-order chi connectivity index (χ0) is 17.8. The summed E-state index contributed by atoms with van der Waals surface area (Å²) in [6.45, 7) is 6.14. The number of anilines is 1. The fourth-order valence-electron chi connectivity index (χ4n) is 2.35. The lowest BCUT2D eigenvalue weighted by molar-refractivity contribution is -0.114. The Balaban J connectivity index is 1.86. The Morgan fingerprint density at radius 1 is 1.28 bits per heavy atom. The van der Waals surface area contributed by atoms with E-state index in [9.17, 15) is 4.79 Å². The Labute approximate surface area is 149 Å². The second kappa shape index (κ2) is 7.47. The highest BCUT2D eigenvalue weighted by Crippen LogP contribution is 2.29. The van der Waals surface area contributed by atoms with Gasteiger partial charge in [-0.25, -0.2) is 4.63 Å². The highest BCUT2D eigenvalue weighted by atomic mass is 32.2. The van der Waals surface area contributed by atoms with Gasteiger partial charge in [0.2, 0.25) is 11.7 Å². The zero-order valence-corrected chi connectivity index (χ0v) is 15.0. The number of aromatic nitrogens is 5. The molecule has 0 radical (unpaired) electrons. The van der Waals surface area contributed by atoms with Gasteiger partial charge in [-0.3, -0.25) is 4.79 Å². The van der Waals surface area contributed by atoms with E-state index in [-0.39, 0.29) is 11.7 Å². The summed E-state index contributed by atoms with van der Waals surface area (Å²) in [6, 6.07) is 8.25. The van der Waals surface area contributed by atoms with Crippen molar-refractivity contribution in [2.45, 2.75) is 38.2 Å². The Morgan fingerprint density at radius 3 is 2.80 bits per heavy atom. The molecule has 2 aromatic heterocycles. The maximum atomic E-state index is 11.3. The Morgan fingerprint density at radius 2 is 2.08 bits per heavy atom. The van der Waals surface area contributed by atoms with Crippen molar-refractivity contribution in [2.75, 3.05) is 5.32 Å². The highest BCUT2D eigenvalue weighted by Gasteiger charge is 2.21. The largest absolute Gasteiger partial charge is 0.306 e. The molecule has 130 valence electrons. The van der Waals surface area contributed by atoms with Crippen molar-refractivity contribution in [3.63, 3.8) is 0 Å². The van der Waals surface area contributed by atoms with Gasteiger partial charge in [0.05, 0.1) is 0 Å². The quantitative estimate of drug-likeness (QED) is 0.676. The van der Waals surface area contributed by atoms with Crippen LogP contribution in [0, 0.1) is 6.92 Å². The van der Waals surface area contributed by atoms with Crippen LogP contribution < -0.4 is 5.32 Å². The van der Waals surface area contributed by atoms with E-state index in [1.54, 1.807) is 11.8 Å². The van der Waals surface area contributed by atoms with Crippen molar-refractivity contribution >= 4 is 23.5 Å². The average Bonchev–Trinajstić information content (AvgIpc) is 3.19. The average molecular weight is 358 g/mol. The third-order valence-electron chi connectivity index (χ3n) is 3.65. The molecule has 0 saturated heterocycles. The molecular weight excluding hydrogens is 340 g/mol. The molecule has 9 heteroatoms. The zero-order valence-electron chi connectivity index (χ0n) is 14.2. The number of carbonyl (C=O) groups is 1. The fourth-order valence-corrected chi connectivity index (χ4v) is 3.43. The van der Waals surface area contributed by atoms with E-state index < -0.39 is 0 Å². The molecule has 8 nitrogen and oxygen atoms in total. The number of carbonyl (C=O) groups excluding carboxylic acids is 1. The lowest BCUT2D eigenvalue weighted by Gasteiger charge is -2.07. The van der Waals surface area contributed by atoms with Gasteiger partial charge in [0.15, 0.2) is 16.7 Å². The second-order valence-electron chi connectivity index (χ2n) is 5.41. The van der Waals surface area contributed by atoms with E-state index >= 15 is 0 Å². The molecule has 1 amide bonds. The van der Waals surface area contributed by atoms with E-state index in [0.717, 1.165) is 10.9 Å². The number of aryl methyl sites for hydroxylation is 1. The number of hydrogen-bond acceptors (Lipinski definition) is 7. The summed E-state index contributed by atoms with van der Waals surface area (Å²) >= 11 is 1.60. The van der Waals surface area contributed by atoms with Gasteiger partial charge in [-0.15, -0.1) is 10.2 Å². The summed E-state index contributed by atoms with van der Waals surface area (Å²) in [5.74, 6) is 1.29. The minimum absolute atomic E-state index is 0.241. The summed E-state index contributed by atoms with van der Waals surface area (Å²) in [5.41, 5.74) is 2.86. The molecule has 0 atom stereocenters. The minimum atomic E-state index is -0.256. The van der Waals surface area contributed by atoms with Crippen molar-refractivity contribution in [3.05, 3.63) is 35.4 Å². The lowest BCUT2D eigenvalue weighted by atomic mass is 10.1. The molecule has 0 spiro atoms. The first-order valence-corrected chi connectivity index (χ1v) is 8.79. The van der Waals surface area contributed by atoms with E-state index in [2.05, 4.69) is 44.9 Å². The number of hydrogen-bond donors (Lipinski definition) is 1. The molecule has 0 aliphatic heterocycles. The standard InChI is InChI=1S/C16H18N6O2S/c1-4-22-15(13-14(17-11(3)23)21-24-20-13)18-19-16(22)25-9-12-8-6-5-7-10(12)2/h5-8H,4,9H2,1-3H3,(H,17,21,23). The van der Waals surface area contributed by atoms with Gasteiger partial charge in [0, 0.05) is 19.2 Å². The van der Waals surface area contributed by atoms with Gasteiger partial charge in [0.1, 0.15) is 0 Å². The molecule has 2 heterocycles. The van der Waals surface area contributed by atoms with Crippen LogP contribution in [0.5, 0.6) is 0 Å². The Kier molecular flexibility index (Phi) is 5.13. The minimum Gasteiger partial charge on any atom is -0.306 e. The lowest BCUT2D eigenvalue weighted by Crippen LogP contribution is -2.08. The Hall–Kier alpha value is -2.68. The Bertz CT molecular complexity index is 888. The van der Waals surface area contributed by atoms with Crippen LogP contribution >= 0.6 is 11.8 Å². The first-order chi connectivity index (χ1) is 12.1. The number of nitrogens with zero attached hydrogens (tertiary/aromatic N) is 5. The summed E-state index contributed by atoms with van der Waals surface area (Å²) in [5, 5.41) is 19.4.